The molecule has 0 amide bonds. The molecule has 0 saturated carbocycles. The van der Waals surface area contributed by atoms with Crippen molar-refractivity contribution in [3.05, 3.63) is 28.6 Å². The molecule has 2 N–H and O–H groups in total. The number of nitrogens with zero attached hydrogens (tertiary/aromatic N) is 2. The van der Waals surface area contributed by atoms with Crippen LogP contribution in [0.4, 0.5) is 0 Å². The molecule has 0 saturated heterocycles. The van der Waals surface area contributed by atoms with Gasteiger partial charge in [-0.15, -0.1) is 0 Å². The molecule has 1 aliphatic rings. The summed E-state index contributed by atoms with van der Waals surface area (Å²) in [6, 6.07) is -0.0331. The molecule has 1 aliphatic carbocycles. The summed E-state index contributed by atoms with van der Waals surface area (Å²) < 4.78 is 1.90. The molecule has 0 aliphatic heterocycles. The van der Waals surface area contributed by atoms with E-state index in [2.05, 4.69) is 18.1 Å². The van der Waals surface area contributed by atoms with E-state index in [9.17, 15) is 0 Å². The lowest BCUT2D eigenvalue weighted by atomic mass is 9.93. The van der Waals surface area contributed by atoms with Crippen LogP contribution in [0, 0.1) is 0 Å². The van der Waals surface area contributed by atoms with Crippen molar-refractivity contribution in [3.63, 3.8) is 0 Å². The molecule has 3 nitrogen and oxygen atoms in total. The van der Waals surface area contributed by atoms with E-state index in [1.807, 2.05) is 4.68 Å². The predicted octanol–water partition coefficient (Wildman–Crippen LogP) is 3.45. The summed E-state index contributed by atoms with van der Waals surface area (Å²) in [6.45, 7) is 2.87. The highest BCUT2D eigenvalue weighted by atomic mass is 35.5. The summed E-state index contributed by atoms with van der Waals surface area (Å²) in [5, 5.41) is 4.92. The fourth-order valence-electron chi connectivity index (χ4n) is 2.46. The maximum Gasteiger partial charge on any atom is 0.0834 e. The van der Waals surface area contributed by atoms with Crippen molar-refractivity contribution < 1.29 is 0 Å². The smallest absolute Gasteiger partial charge is 0.0834 e. The van der Waals surface area contributed by atoms with Crippen LogP contribution in [-0.4, -0.2) is 9.78 Å². The quantitative estimate of drug-likeness (QED) is 0.836. The van der Waals surface area contributed by atoms with Crippen molar-refractivity contribution in [1.29, 1.82) is 0 Å². The van der Waals surface area contributed by atoms with Crippen LogP contribution < -0.4 is 5.73 Å². The molecule has 0 bridgehead atoms. The lowest BCUT2D eigenvalue weighted by molar-refractivity contribution is 0.553. The average molecular weight is 254 g/mol. The monoisotopic (exact) mass is 253 g/mol. The molecule has 1 aromatic rings. The molecule has 0 spiro atoms. The molecule has 1 heterocycles. The van der Waals surface area contributed by atoms with Crippen LogP contribution in [0.3, 0.4) is 0 Å². The number of hydrogen-bond donors (Lipinski definition) is 1. The first kappa shape index (κ1) is 12.7. The summed E-state index contributed by atoms with van der Waals surface area (Å²) >= 11 is 6.15. The van der Waals surface area contributed by atoms with Crippen LogP contribution >= 0.6 is 11.6 Å². The largest absolute Gasteiger partial charge is 0.322 e. The van der Waals surface area contributed by atoms with Crippen molar-refractivity contribution in [2.45, 2.75) is 51.6 Å². The van der Waals surface area contributed by atoms with E-state index in [1.54, 1.807) is 6.20 Å². The van der Waals surface area contributed by atoms with Crippen LogP contribution in [0.15, 0.2) is 17.8 Å². The Labute approximate surface area is 108 Å². The highest BCUT2D eigenvalue weighted by molar-refractivity contribution is 6.31. The van der Waals surface area contributed by atoms with Gasteiger partial charge in [-0.05, 0) is 39.0 Å². The molecule has 0 aromatic carbocycles. The molecule has 4 heteroatoms. The van der Waals surface area contributed by atoms with Gasteiger partial charge in [-0.3, -0.25) is 4.68 Å². The lowest BCUT2D eigenvalue weighted by Gasteiger charge is -2.18. The number of aromatic nitrogens is 2. The highest BCUT2D eigenvalue weighted by Crippen LogP contribution is 2.29. The first-order valence-corrected chi connectivity index (χ1v) is 6.75. The Balaban J connectivity index is 2.10. The average Bonchev–Trinajstić information content (AvgIpc) is 2.71. The highest BCUT2D eigenvalue weighted by Gasteiger charge is 2.18. The molecule has 0 radical (unpaired) electrons. The minimum atomic E-state index is -0.0331. The van der Waals surface area contributed by atoms with E-state index in [-0.39, 0.29) is 6.04 Å². The summed E-state index contributed by atoms with van der Waals surface area (Å²) in [7, 11) is 0. The van der Waals surface area contributed by atoms with Gasteiger partial charge in [0.25, 0.3) is 0 Å². The first-order valence-electron chi connectivity index (χ1n) is 6.37. The van der Waals surface area contributed by atoms with E-state index in [0.29, 0.717) is 5.02 Å². The van der Waals surface area contributed by atoms with Gasteiger partial charge >= 0.3 is 0 Å². The SMILES string of the molecule is CCn1ncc(Cl)c1C(N)CC1=CCCCC1. The van der Waals surface area contributed by atoms with Crippen molar-refractivity contribution in [1.82, 2.24) is 9.78 Å². The fourth-order valence-corrected chi connectivity index (χ4v) is 2.74. The number of aryl methyl sites for hydroxylation is 1. The Morgan fingerprint density at radius 1 is 1.53 bits per heavy atom. The standard InChI is InChI=1S/C13H20ClN3/c1-2-17-13(11(14)9-16-17)12(15)8-10-6-4-3-5-7-10/h6,9,12H,2-5,7-8,15H2,1H3. The Kier molecular flexibility index (Phi) is 4.24. The van der Waals surface area contributed by atoms with Gasteiger partial charge in [0.2, 0.25) is 0 Å². The van der Waals surface area contributed by atoms with Gasteiger partial charge in [-0.2, -0.15) is 5.10 Å². The van der Waals surface area contributed by atoms with Crippen LogP contribution in [0.1, 0.15) is 50.8 Å². The summed E-state index contributed by atoms with van der Waals surface area (Å²) in [5.74, 6) is 0. The number of allylic oxidation sites excluding steroid dienone is 1. The van der Waals surface area contributed by atoms with Crippen molar-refractivity contribution in [2.75, 3.05) is 0 Å². The second-order valence-corrected chi connectivity index (χ2v) is 5.02. The van der Waals surface area contributed by atoms with Gasteiger partial charge in [0.1, 0.15) is 0 Å². The molecule has 1 unspecified atom stereocenters. The Morgan fingerprint density at radius 2 is 2.35 bits per heavy atom. The minimum absolute atomic E-state index is 0.0331. The molecule has 0 fully saturated rings. The van der Waals surface area contributed by atoms with Gasteiger partial charge in [0.05, 0.1) is 23.0 Å². The molecule has 1 aromatic heterocycles. The maximum absolute atomic E-state index is 6.26. The van der Waals surface area contributed by atoms with E-state index in [4.69, 9.17) is 17.3 Å². The van der Waals surface area contributed by atoms with Crippen LogP contribution in [0.2, 0.25) is 5.02 Å². The maximum atomic E-state index is 6.26. The van der Waals surface area contributed by atoms with Crippen LogP contribution in [-0.2, 0) is 6.54 Å². The molecular weight excluding hydrogens is 234 g/mol. The number of hydrogen-bond acceptors (Lipinski definition) is 2. The van der Waals surface area contributed by atoms with Crippen molar-refractivity contribution in [3.8, 4) is 0 Å². The third-order valence-electron chi connectivity index (χ3n) is 3.35. The van der Waals surface area contributed by atoms with E-state index < -0.39 is 0 Å². The zero-order valence-electron chi connectivity index (χ0n) is 10.3. The van der Waals surface area contributed by atoms with Gasteiger partial charge < -0.3 is 5.73 Å². The molecule has 17 heavy (non-hydrogen) atoms. The fraction of sp³-hybridized carbons (Fsp3) is 0.615. The number of nitrogens with two attached hydrogens (primary N) is 1. The summed E-state index contributed by atoms with van der Waals surface area (Å²) in [4.78, 5) is 0. The van der Waals surface area contributed by atoms with Crippen molar-refractivity contribution in [2.24, 2.45) is 5.73 Å². The van der Waals surface area contributed by atoms with Gasteiger partial charge in [0, 0.05) is 6.54 Å². The third kappa shape index (κ3) is 2.90. The van der Waals surface area contributed by atoms with Gasteiger partial charge in [-0.1, -0.05) is 23.3 Å². The van der Waals surface area contributed by atoms with Crippen LogP contribution in [0.25, 0.3) is 0 Å². The van der Waals surface area contributed by atoms with E-state index in [0.717, 1.165) is 18.7 Å². The number of halogens is 1. The molecule has 1 atom stereocenters. The molecular formula is C13H20ClN3. The normalized spacial score (nSPS) is 17.9. The minimum Gasteiger partial charge on any atom is -0.322 e. The van der Waals surface area contributed by atoms with Gasteiger partial charge in [0.15, 0.2) is 0 Å². The Morgan fingerprint density at radius 3 is 3.00 bits per heavy atom. The Hall–Kier alpha value is -0.800. The Bertz CT molecular complexity index is 409. The summed E-state index contributed by atoms with van der Waals surface area (Å²) in [6.07, 6.45) is 9.92. The second kappa shape index (κ2) is 5.69. The zero-order chi connectivity index (χ0) is 12.3. The number of rotatable bonds is 4. The second-order valence-electron chi connectivity index (χ2n) is 4.61. The first-order chi connectivity index (χ1) is 8.22. The van der Waals surface area contributed by atoms with E-state index >= 15 is 0 Å². The van der Waals surface area contributed by atoms with Gasteiger partial charge in [-0.25, -0.2) is 0 Å². The lowest BCUT2D eigenvalue weighted by Crippen LogP contribution is -2.17. The zero-order valence-corrected chi connectivity index (χ0v) is 11.1. The topological polar surface area (TPSA) is 43.8 Å². The molecule has 2 rings (SSSR count). The summed E-state index contributed by atoms with van der Waals surface area (Å²) in [5.41, 5.74) is 8.71. The molecule has 94 valence electrons. The predicted molar refractivity (Wildman–Crippen MR) is 71.0 cm³/mol. The van der Waals surface area contributed by atoms with Crippen molar-refractivity contribution >= 4 is 11.6 Å². The van der Waals surface area contributed by atoms with Crippen LogP contribution in [0.5, 0.6) is 0 Å². The van der Waals surface area contributed by atoms with E-state index in [1.165, 1.54) is 31.3 Å². The third-order valence-corrected chi connectivity index (χ3v) is 3.64.